The van der Waals surface area contributed by atoms with Crippen molar-refractivity contribution in [3.8, 4) is 5.75 Å². The zero-order chi connectivity index (χ0) is 14.5. The number of carboxylic acid groups (broad SMARTS) is 1. The van der Waals surface area contributed by atoms with Gasteiger partial charge in [-0.2, -0.15) is 0 Å². The van der Waals surface area contributed by atoms with Gasteiger partial charge in [-0.1, -0.05) is 18.5 Å². The molecular formula is C11H14ClNO5S. The number of ether oxygens (including phenoxy) is 1. The second kappa shape index (κ2) is 6.63. The molecule has 0 unspecified atom stereocenters. The topological polar surface area (TPSA) is 92.7 Å². The number of carboxylic acids is 1. The molecule has 0 aliphatic heterocycles. The molecule has 0 radical (unpaired) electrons. The summed E-state index contributed by atoms with van der Waals surface area (Å²) in [4.78, 5) is 10.5. The van der Waals surface area contributed by atoms with Crippen molar-refractivity contribution in [1.29, 1.82) is 0 Å². The normalized spacial score (nSPS) is 11.1. The van der Waals surface area contributed by atoms with E-state index in [1.54, 1.807) is 6.07 Å². The predicted molar refractivity (Wildman–Crippen MR) is 72.3 cm³/mol. The third-order valence-electron chi connectivity index (χ3n) is 1.98. The summed E-state index contributed by atoms with van der Waals surface area (Å²) >= 11 is 5.78. The van der Waals surface area contributed by atoms with Crippen LogP contribution in [-0.4, -0.2) is 31.9 Å². The molecule has 8 heteroatoms. The van der Waals surface area contributed by atoms with Crippen LogP contribution in [0.25, 0.3) is 0 Å². The monoisotopic (exact) mass is 307 g/mol. The molecule has 0 aromatic heterocycles. The minimum Gasteiger partial charge on any atom is -0.491 e. The van der Waals surface area contributed by atoms with E-state index in [4.69, 9.17) is 21.4 Å². The summed E-state index contributed by atoms with van der Waals surface area (Å²) < 4.78 is 30.6. The van der Waals surface area contributed by atoms with Gasteiger partial charge < -0.3 is 9.84 Å². The quantitative estimate of drug-likeness (QED) is 0.803. The van der Waals surface area contributed by atoms with Crippen LogP contribution >= 0.6 is 11.6 Å². The van der Waals surface area contributed by atoms with Crippen molar-refractivity contribution in [2.45, 2.75) is 13.3 Å². The summed E-state index contributed by atoms with van der Waals surface area (Å²) in [5, 5.41) is 8.83. The molecule has 19 heavy (non-hydrogen) atoms. The fourth-order valence-corrected chi connectivity index (χ4v) is 2.35. The van der Waals surface area contributed by atoms with E-state index in [1.807, 2.05) is 6.92 Å². The van der Waals surface area contributed by atoms with E-state index >= 15 is 0 Å². The molecule has 0 spiro atoms. The van der Waals surface area contributed by atoms with Crippen LogP contribution in [0.15, 0.2) is 18.2 Å². The Bertz CT molecular complexity index is 558. The van der Waals surface area contributed by atoms with Crippen molar-refractivity contribution >= 4 is 33.3 Å². The van der Waals surface area contributed by atoms with E-state index in [9.17, 15) is 13.2 Å². The van der Waals surface area contributed by atoms with Crippen molar-refractivity contribution in [2.24, 2.45) is 0 Å². The van der Waals surface area contributed by atoms with E-state index in [0.29, 0.717) is 17.4 Å². The van der Waals surface area contributed by atoms with Crippen LogP contribution in [0.4, 0.5) is 5.69 Å². The number of hydrogen-bond acceptors (Lipinski definition) is 4. The lowest BCUT2D eigenvalue weighted by atomic mass is 10.3. The fraction of sp³-hybridized carbons (Fsp3) is 0.364. The van der Waals surface area contributed by atoms with Crippen molar-refractivity contribution in [3.63, 3.8) is 0 Å². The molecule has 0 bridgehead atoms. The van der Waals surface area contributed by atoms with Gasteiger partial charge in [-0.05, 0) is 24.6 Å². The van der Waals surface area contributed by atoms with Crippen LogP contribution in [0.2, 0.25) is 5.02 Å². The maximum Gasteiger partial charge on any atom is 0.320 e. The molecule has 106 valence electrons. The van der Waals surface area contributed by atoms with Crippen LogP contribution in [0.5, 0.6) is 5.75 Å². The first kappa shape index (κ1) is 15.6. The highest BCUT2D eigenvalue weighted by Crippen LogP contribution is 2.29. The van der Waals surface area contributed by atoms with Crippen molar-refractivity contribution in [1.82, 2.24) is 0 Å². The molecule has 1 rings (SSSR count). The SMILES string of the molecule is CCCOc1ccc(Cl)cc1NS(=O)(=O)CC(=O)O. The van der Waals surface area contributed by atoms with Gasteiger partial charge >= 0.3 is 5.97 Å². The van der Waals surface area contributed by atoms with Gasteiger partial charge in [0, 0.05) is 5.02 Å². The highest BCUT2D eigenvalue weighted by Gasteiger charge is 2.18. The molecule has 0 saturated heterocycles. The summed E-state index contributed by atoms with van der Waals surface area (Å²) in [6.45, 7) is 2.32. The fourth-order valence-electron chi connectivity index (χ4n) is 1.29. The lowest BCUT2D eigenvalue weighted by Gasteiger charge is -2.12. The zero-order valence-corrected chi connectivity index (χ0v) is 11.8. The van der Waals surface area contributed by atoms with E-state index in [-0.39, 0.29) is 5.69 Å². The molecule has 0 saturated carbocycles. The summed E-state index contributed by atoms with van der Waals surface area (Å²) in [5.74, 6) is -2.15. The second-order valence-electron chi connectivity index (χ2n) is 3.74. The Morgan fingerprint density at radius 3 is 2.74 bits per heavy atom. The van der Waals surface area contributed by atoms with Crippen LogP contribution in [0.1, 0.15) is 13.3 Å². The Balaban J connectivity index is 2.98. The first-order valence-electron chi connectivity index (χ1n) is 5.48. The first-order chi connectivity index (χ1) is 8.84. The molecular weight excluding hydrogens is 294 g/mol. The first-order valence-corrected chi connectivity index (χ1v) is 7.51. The number of halogens is 1. The minimum absolute atomic E-state index is 0.127. The smallest absolute Gasteiger partial charge is 0.320 e. The van der Waals surface area contributed by atoms with Gasteiger partial charge in [-0.3, -0.25) is 9.52 Å². The maximum atomic E-state index is 11.6. The van der Waals surface area contributed by atoms with Crippen LogP contribution in [0.3, 0.4) is 0 Å². The van der Waals surface area contributed by atoms with E-state index in [1.165, 1.54) is 12.1 Å². The maximum absolute atomic E-state index is 11.6. The van der Waals surface area contributed by atoms with Gasteiger partial charge in [0.2, 0.25) is 10.0 Å². The van der Waals surface area contributed by atoms with E-state index < -0.39 is 21.7 Å². The van der Waals surface area contributed by atoms with Crippen molar-refractivity contribution in [2.75, 3.05) is 17.1 Å². The van der Waals surface area contributed by atoms with Gasteiger partial charge in [0.25, 0.3) is 0 Å². The van der Waals surface area contributed by atoms with E-state index in [2.05, 4.69) is 4.72 Å². The zero-order valence-electron chi connectivity index (χ0n) is 10.2. The number of sulfonamides is 1. The lowest BCUT2D eigenvalue weighted by molar-refractivity contribution is -0.134. The molecule has 0 fully saturated rings. The van der Waals surface area contributed by atoms with Crippen LogP contribution in [-0.2, 0) is 14.8 Å². The number of anilines is 1. The number of benzene rings is 1. The number of rotatable bonds is 7. The highest BCUT2D eigenvalue weighted by atomic mass is 35.5. The summed E-state index contributed by atoms with van der Waals surface area (Å²) in [6.07, 6.45) is 0.754. The van der Waals surface area contributed by atoms with Gasteiger partial charge in [0.15, 0.2) is 5.75 Å². The number of aliphatic carboxylic acids is 1. The van der Waals surface area contributed by atoms with Crippen molar-refractivity contribution in [3.05, 3.63) is 23.2 Å². The molecule has 0 amide bonds. The molecule has 1 aromatic rings. The van der Waals surface area contributed by atoms with Gasteiger partial charge in [-0.25, -0.2) is 8.42 Å². The number of carbonyl (C=O) groups is 1. The van der Waals surface area contributed by atoms with Gasteiger partial charge in [0.05, 0.1) is 12.3 Å². The Kier molecular flexibility index (Phi) is 5.44. The van der Waals surface area contributed by atoms with Gasteiger partial charge in [0.1, 0.15) is 5.75 Å². The van der Waals surface area contributed by atoms with Gasteiger partial charge in [-0.15, -0.1) is 0 Å². The molecule has 1 aromatic carbocycles. The average Bonchev–Trinajstić information content (AvgIpc) is 2.25. The minimum atomic E-state index is -3.99. The molecule has 0 aliphatic carbocycles. The molecule has 2 N–H and O–H groups in total. The van der Waals surface area contributed by atoms with Crippen LogP contribution < -0.4 is 9.46 Å². The third-order valence-corrected chi connectivity index (χ3v) is 3.38. The number of hydrogen-bond donors (Lipinski definition) is 2. The lowest BCUT2D eigenvalue weighted by Crippen LogP contribution is -2.22. The Hall–Kier alpha value is -1.47. The second-order valence-corrected chi connectivity index (χ2v) is 5.90. The highest BCUT2D eigenvalue weighted by molar-refractivity contribution is 7.93. The molecule has 0 aliphatic rings. The Labute approximate surface area is 116 Å². The standard InChI is InChI=1S/C11H14ClNO5S/c1-2-5-18-10-4-3-8(12)6-9(10)13-19(16,17)7-11(14)15/h3-4,6,13H,2,5,7H2,1H3,(H,14,15). The average molecular weight is 308 g/mol. The summed E-state index contributed by atoms with van der Waals surface area (Å²) in [5.41, 5.74) is 0.127. The van der Waals surface area contributed by atoms with E-state index in [0.717, 1.165) is 6.42 Å². The molecule has 6 nitrogen and oxygen atoms in total. The predicted octanol–water partition coefficient (Wildman–Crippen LogP) is 1.96. The summed E-state index contributed by atoms with van der Waals surface area (Å²) in [6, 6.07) is 4.45. The molecule has 0 atom stereocenters. The largest absolute Gasteiger partial charge is 0.491 e. The summed E-state index contributed by atoms with van der Waals surface area (Å²) in [7, 11) is -3.99. The van der Waals surface area contributed by atoms with Crippen molar-refractivity contribution < 1.29 is 23.1 Å². The molecule has 0 heterocycles. The van der Waals surface area contributed by atoms with Crippen LogP contribution in [0, 0.1) is 0 Å². The number of nitrogens with one attached hydrogen (secondary N) is 1. The Morgan fingerprint density at radius 1 is 1.47 bits per heavy atom. The third kappa shape index (κ3) is 5.35. The Morgan fingerprint density at radius 2 is 2.16 bits per heavy atom.